The van der Waals surface area contributed by atoms with Crippen LogP contribution >= 0.6 is 15.9 Å². The number of rotatable bonds is 6. The van der Waals surface area contributed by atoms with Gasteiger partial charge in [-0.25, -0.2) is 4.79 Å². The van der Waals surface area contributed by atoms with Crippen molar-refractivity contribution >= 4 is 27.8 Å². The van der Waals surface area contributed by atoms with Gasteiger partial charge >= 0.3 is 5.97 Å². The average molecular weight is 538 g/mol. The summed E-state index contributed by atoms with van der Waals surface area (Å²) in [4.78, 5) is 13.5. The van der Waals surface area contributed by atoms with Gasteiger partial charge in [-0.2, -0.15) is 4.68 Å². The van der Waals surface area contributed by atoms with E-state index in [1.165, 1.54) is 12.0 Å². The third-order valence-electron chi connectivity index (χ3n) is 6.54. The first-order chi connectivity index (χ1) is 17.0. The zero-order valence-corrected chi connectivity index (χ0v) is 21.4. The van der Waals surface area contributed by atoms with Gasteiger partial charge in [-0.05, 0) is 73.7 Å². The summed E-state index contributed by atoms with van der Waals surface area (Å²) in [6, 6.07) is 13.4. The Hall–Kier alpha value is -3.20. The smallest absolute Gasteiger partial charge is 0.338 e. The van der Waals surface area contributed by atoms with E-state index in [2.05, 4.69) is 68.0 Å². The number of allylic oxidation sites excluding steroid dienone is 1. The predicted octanol–water partition coefficient (Wildman–Crippen LogP) is 5.49. The number of aromatic nitrogens is 4. The van der Waals surface area contributed by atoms with Gasteiger partial charge in [0.1, 0.15) is 24.5 Å². The summed E-state index contributed by atoms with van der Waals surface area (Å²) in [6.07, 6.45) is 5.08. The van der Waals surface area contributed by atoms with E-state index >= 15 is 0 Å². The quantitative estimate of drug-likeness (QED) is 0.415. The lowest BCUT2D eigenvalue weighted by Crippen LogP contribution is -2.32. The molecule has 0 radical (unpaired) electrons. The van der Waals surface area contributed by atoms with E-state index in [-0.39, 0.29) is 12.1 Å². The SMILES string of the molecule is CC1=C(C(=O)OC2CCCCC2)C(c2cc(Br)ccc2OCc2ccc(C)cc2)n2nnnc2N1. The predicted molar refractivity (Wildman–Crippen MR) is 135 cm³/mol. The van der Waals surface area contributed by atoms with Crippen molar-refractivity contribution in [3.63, 3.8) is 0 Å². The number of tetrazole rings is 1. The molecule has 0 bridgehead atoms. The van der Waals surface area contributed by atoms with Crippen molar-refractivity contribution in [2.24, 2.45) is 0 Å². The standard InChI is InChI=1S/C26H28BrN5O3/c1-16-8-10-18(11-9-16)15-34-22-13-12-19(27)14-21(22)24-23(17(2)28-26-29-30-31-32(24)26)25(33)35-20-6-4-3-5-7-20/h8-14,20,24H,3-7,15H2,1-2H3,(H,28,29,31). The Kier molecular flexibility index (Phi) is 6.86. The molecule has 1 saturated carbocycles. The summed E-state index contributed by atoms with van der Waals surface area (Å²) in [7, 11) is 0. The number of carbonyl (C=O) groups is 1. The maximum Gasteiger partial charge on any atom is 0.338 e. The number of hydrogen-bond acceptors (Lipinski definition) is 7. The van der Waals surface area contributed by atoms with Crippen molar-refractivity contribution < 1.29 is 14.3 Å². The number of ether oxygens (including phenoxy) is 2. The molecule has 1 aromatic heterocycles. The molecule has 2 heterocycles. The number of nitrogens with one attached hydrogen (secondary N) is 1. The maximum absolute atomic E-state index is 13.5. The lowest BCUT2D eigenvalue weighted by atomic mass is 9.94. The van der Waals surface area contributed by atoms with Crippen LogP contribution in [0.5, 0.6) is 5.75 Å². The van der Waals surface area contributed by atoms with Crippen LogP contribution in [0, 0.1) is 6.92 Å². The van der Waals surface area contributed by atoms with Gasteiger partial charge in [-0.3, -0.25) is 0 Å². The highest BCUT2D eigenvalue weighted by molar-refractivity contribution is 9.10. The molecule has 182 valence electrons. The minimum atomic E-state index is -0.595. The van der Waals surface area contributed by atoms with Gasteiger partial charge in [0, 0.05) is 15.7 Å². The molecule has 5 rings (SSSR count). The van der Waals surface area contributed by atoms with Crippen LogP contribution in [-0.4, -0.2) is 32.3 Å². The van der Waals surface area contributed by atoms with Gasteiger partial charge in [0.05, 0.1) is 5.57 Å². The topological polar surface area (TPSA) is 91.2 Å². The lowest BCUT2D eigenvalue weighted by Gasteiger charge is -2.30. The third kappa shape index (κ3) is 5.10. The molecular formula is C26H28BrN5O3. The number of nitrogens with zero attached hydrogens (tertiary/aromatic N) is 4. The van der Waals surface area contributed by atoms with Crippen molar-refractivity contribution in [1.29, 1.82) is 0 Å². The van der Waals surface area contributed by atoms with E-state index in [4.69, 9.17) is 9.47 Å². The molecule has 0 spiro atoms. The van der Waals surface area contributed by atoms with Crippen molar-refractivity contribution in [2.45, 2.75) is 64.7 Å². The van der Waals surface area contributed by atoms with E-state index in [0.717, 1.165) is 41.3 Å². The van der Waals surface area contributed by atoms with Crippen LogP contribution in [0.25, 0.3) is 0 Å². The molecule has 0 saturated heterocycles. The molecule has 1 unspecified atom stereocenters. The first kappa shape index (κ1) is 23.5. The van der Waals surface area contributed by atoms with E-state index in [9.17, 15) is 4.79 Å². The summed E-state index contributed by atoms with van der Waals surface area (Å²) in [6.45, 7) is 4.31. The highest BCUT2D eigenvalue weighted by Gasteiger charge is 2.37. The Bertz CT molecular complexity index is 1250. The Balaban J connectivity index is 1.50. The highest BCUT2D eigenvalue weighted by atomic mass is 79.9. The van der Waals surface area contributed by atoms with Crippen LogP contribution < -0.4 is 10.1 Å². The number of benzene rings is 2. The van der Waals surface area contributed by atoms with Crippen molar-refractivity contribution in [3.8, 4) is 5.75 Å². The van der Waals surface area contributed by atoms with Gasteiger partial charge in [0.15, 0.2) is 0 Å². The molecule has 3 aromatic rings. The second-order valence-corrected chi connectivity index (χ2v) is 10.1. The molecule has 1 fully saturated rings. The minimum absolute atomic E-state index is 0.0627. The molecule has 2 aliphatic rings. The largest absolute Gasteiger partial charge is 0.489 e. The summed E-state index contributed by atoms with van der Waals surface area (Å²) in [5, 5.41) is 15.3. The fourth-order valence-corrected chi connectivity index (χ4v) is 5.05. The van der Waals surface area contributed by atoms with Gasteiger partial charge in [0.25, 0.3) is 0 Å². The Morgan fingerprint density at radius 1 is 1.11 bits per heavy atom. The number of halogens is 1. The number of hydrogen-bond donors (Lipinski definition) is 1. The molecule has 35 heavy (non-hydrogen) atoms. The third-order valence-corrected chi connectivity index (χ3v) is 7.03. The van der Waals surface area contributed by atoms with Crippen LogP contribution in [0.15, 0.2) is 58.2 Å². The van der Waals surface area contributed by atoms with Crippen molar-refractivity contribution in [1.82, 2.24) is 20.2 Å². The van der Waals surface area contributed by atoms with Gasteiger partial charge in [-0.15, -0.1) is 0 Å². The van der Waals surface area contributed by atoms with Crippen LogP contribution in [0.2, 0.25) is 0 Å². The molecular weight excluding hydrogens is 510 g/mol. The monoisotopic (exact) mass is 537 g/mol. The van der Waals surface area contributed by atoms with E-state index in [1.807, 2.05) is 25.1 Å². The number of carbonyl (C=O) groups excluding carboxylic acids is 1. The molecule has 9 heteroatoms. The van der Waals surface area contributed by atoms with Crippen LogP contribution in [0.3, 0.4) is 0 Å². The second-order valence-electron chi connectivity index (χ2n) is 9.14. The maximum atomic E-state index is 13.5. The summed E-state index contributed by atoms with van der Waals surface area (Å²) in [5.74, 6) is 0.765. The number of esters is 1. The number of fused-ring (bicyclic) bond motifs is 1. The first-order valence-corrected chi connectivity index (χ1v) is 12.7. The first-order valence-electron chi connectivity index (χ1n) is 11.9. The van der Waals surface area contributed by atoms with Crippen LogP contribution in [-0.2, 0) is 16.1 Å². The van der Waals surface area contributed by atoms with Gasteiger partial charge < -0.3 is 14.8 Å². The molecule has 1 atom stereocenters. The normalized spacial score (nSPS) is 18.1. The highest BCUT2D eigenvalue weighted by Crippen LogP contribution is 2.41. The molecule has 2 aromatic carbocycles. The molecule has 1 aliphatic carbocycles. The van der Waals surface area contributed by atoms with Gasteiger partial charge in [0.2, 0.25) is 5.95 Å². The molecule has 0 amide bonds. The molecule has 1 aliphatic heterocycles. The second kappa shape index (κ2) is 10.2. The van der Waals surface area contributed by atoms with Crippen molar-refractivity contribution in [3.05, 3.63) is 74.9 Å². The average Bonchev–Trinajstić information content (AvgIpc) is 3.32. The summed E-state index contributed by atoms with van der Waals surface area (Å²) >= 11 is 3.59. The Labute approximate surface area is 212 Å². The lowest BCUT2D eigenvalue weighted by molar-refractivity contribution is -0.146. The van der Waals surface area contributed by atoms with E-state index in [1.54, 1.807) is 4.68 Å². The fourth-order valence-electron chi connectivity index (χ4n) is 4.67. The fraction of sp³-hybridized carbons (Fsp3) is 0.385. The molecule has 1 N–H and O–H groups in total. The zero-order valence-electron chi connectivity index (χ0n) is 19.8. The van der Waals surface area contributed by atoms with E-state index < -0.39 is 6.04 Å². The summed E-state index contributed by atoms with van der Waals surface area (Å²) < 4.78 is 14.7. The Morgan fingerprint density at radius 3 is 2.66 bits per heavy atom. The number of aryl methyl sites for hydroxylation is 1. The zero-order chi connectivity index (χ0) is 24.4. The van der Waals surface area contributed by atoms with E-state index in [0.29, 0.717) is 29.6 Å². The van der Waals surface area contributed by atoms with Crippen LogP contribution in [0.1, 0.15) is 61.8 Å². The Morgan fingerprint density at radius 2 is 1.89 bits per heavy atom. The van der Waals surface area contributed by atoms with Gasteiger partial charge in [-0.1, -0.05) is 57.3 Å². The van der Waals surface area contributed by atoms with Crippen molar-refractivity contribution in [2.75, 3.05) is 5.32 Å². The van der Waals surface area contributed by atoms with Crippen LogP contribution in [0.4, 0.5) is 5.95 Å². The summed E-state index contributed by atoms with van der Waals surface area (Å²) in [5.41, 5.74) is 4.18. The molecule has 8 nitrogen and oxygen atoms in total. The minimum Gasteiger partial charge on any atom is -0.489 e. The number of anilines is 1.